The minimum absolute atomic E-state index is 0.123. The molecule has 0 aromatic heterocycles. The van der Waals surface area contributed by atoms with Crippen LogP contribution < -0.4 is 9.47 Å². The second kappa shape index (κ2) is 7.25. The molecule has 2 aromatic carbocycles. The van der Waals surface area contributed by atoms with Crippen molar-refractivity contribution in [1.82, 2.24) is 0 Å². The lowest BCUT2D eigenvalue weighted by molar-refractivity contribution is -0.395. The van der Waals surface area contributed by atoms with Gasteiger partial charge in [0.05, 0.1) is 29.6 Å². The molecule has 0 aliphatic heterocycles. The van der Waals surface area contributed by atoms with Crippen molar-refractivity contribution >= 4 is 17.3 Å². The predicted octanol–water partition coefficient (Wildman–Crippen LogP) is 3.09. The molecule has 0 atom stereocenters. The maximum absolute atomic E-state index is 11.6. The summed E-state index contributed by atoms with van der Waals surface area (Å²) in [6.45, 7) is 0. The van der Waals surface area contributed by atoms with Crippen LogP contribution in [0.1, 0.15) is 10.4 Å². The Bertz CT molecular complexity index is 797. The average Bonchev–Trinajstić information content (AvgIpc) is 2.61. The third kappa shape index (κ3) is 3.80. The normalized spacial score (nSPS) is 10.0. The highest BCUT2D eigenvalue weighted by atomic mass is 16.6. The van der Waals surface area contributed by atoms with Gasteiger partial charge in [-0.2, -0.15) is 0 Å². The first kappa shape index (κ1) is 17.7. The first-order valence-corrected chi connectivity index (χ1v) is 6.74. The number of benzene rings is 2. The fourth-order valence-corrected chi connectivity index (χ4v) is 1.97. The third-order valence-electron chi connectivity index (χ3n) is 3.14. The molecular formula is C15H12N2O8. The van der Waals surface area contributed by atoms with E-state index in [4.69, 9.17) is 9.47 Å². The van der Waals surface area contributed by atoms with E-state index in [-0.39, 0.29) is 11.3 Å². The van der Waals surface area contributed by atoms with Gasteiger partial charge < -0.3 is 14.2 Å². The lowest BCUT2D eigenvalue weighted by Gasteiger charge is -2.09. The summed E-state index contributed by atoms with van der Waals surface area (Å²) in [5.74, 6) is -0.898. The molecule has 10 nitrogen and oxygen atoms in total. The zero-order chi connectivity index (χ0) is 18.6. The quantitative estimate of drug-likeness (QED) is 0.442. The van der Waals surface area contributed by atoms with E-state index < -0.39 is 32.9 Å². The van der Waals surface area contributed by atoms with E-state index in [0.29, 0.717) is 5.75 Å². The Morgan fingerprint density at radius 1 is 0.920 bits per heavy atom. The number of hydrogen-bond donors (Lipinski definition) is 0. The van der Waals surface area contributed by atoms with Crippen LogP contribution in [-0.2, 0) is 4.74 Å². The van der Waals surface area contributed by atoms with Gasteiger partial charge in [-0.1, -0.05) is 0 Å². The van der Waals surface area contributed by atoms with E-state index in [0.717, 1.165) is 19.2 Å². The molecule has 0 spiro atoms. The van der Waals surface area contributed by atoms with Gasteiger partial charge in [-0.05, 0) is 24.3 Å². The Morgan fingerprint density at radius 3 is 1.80 bits per heavy atom. The van der Waals surface area contributed by atoms with Gasteiger partial charge >= 0.3 is 17.3 Å². The number of nitro groups is 2. The standard InChI is InChI=1S/C15H12N2O8/c1-23-10-3-5-11(6-4-10)25-14-12(16(19)20)7-9(15(18)24-2)8-13(14)17(21)22/h3-8H,1-2H3. The SMILES string of the molecule is COC(=O)c1cc([N+](=O)[O-])c(Oc2ccc(OC)cc2)c([N+](=O)[O-])c1. The van der Waals surface area contributed by atoms with Gasteiger partial charge in [0.15, 0.2) is 0 Å². The van der Waals surface area contributed by atoms with Crippen LogP contribution in [-0.4, -0.2) is 30.0 Å². The van der Waals surface area contributed by atoms with Crippen molar-refractivity contribution in [1.29, 1.82) is 0 Å². The van der Waals surface area contributed by atoms with Crippen LogP contribution >= 0.6 is 0 Å². The lowest BCUT2D eigenvalue weighted by Crippen LogP contribution is -2.06. The number of rotatable bonds is 6. The fourth-order valence-electron chi connectivity index (χ4n) is 1.97. The van der Waals surface area contributed by atoms with E-state index in [1.165, 1.54) is 31.4 Å². The highest BCUT2D eigenvalue weighted by Crippen LogP contribution is 2.41. The van der Waals surface area contributed by atoms with E-state index in [9.17, 15) is 25.0 Å². The summed E-state index contributed by atoms with van der Waals surface area (Å²) in [4.78, 5) is 32.4. The maximum atomic E-state index is 11.6. The number of hydrogen-bond acceptors (Lipinski definition) is 8. The van der Waals surface area contributed by atoms with Gasteiger partial charge in [0.2, 0.25) is 0 Å². The molecule has 130 valence electrons. The van der Waals surface area contributed by atoms with Crippen molar-refractivity contribution in [2.75, 3.05) is 14.2 Å². The van der Waals surface area contributed by atoms with Crippen LogP contribution in [0.25, 0.3) is 0 Å². The van der Waals surface area contributed by atoms with Gasteiger partial charge in [-0.25, -0.2) is 4.79 Å². The number of methoxy groups -OCH3 is 2. The molecule has 0 aliphatic carbocycles. The monoisotopic (exact) mass is 348 g/mol. The van der Waals surface area contributed by atoms with Crippen molar-refractivity contribution in [2.24, 2.45) is 0 Å². The molecule has 2 rings (SSSR count). The zero-order valence-electron chi connectivity index (χ0n) is 13.1. The largest absolute Gasteiger partial charge is 0.497 e. The summed E-state index contributed by atoms with van der Waals surface area (Å²) in [7, 11) is 2.51. The fraction of sp³-hybridized carbons (Fsp3) is 0.133. The number of nitro benzene ring substituents is 2. The molecule has 2 aromatic rings. The molecule has 0 fully saturated rings. The molecule has 0 saturated heterocycles. The predicted molar refractivity (Wildman–Crippen MR) is 84.2 cm³/mol. The van der Waals surface area contributed by atoms with E-state index in [2.05, 4.69) is 4.74 Å². The number of carbonyl (C=O) groups is 1. The average molecular weight is 348 g/mol. The van der Waals surface area contributed by atoms with Crippen LogP contribution in [0.3, 0.4) is 0 Å². The lowest BCUT2D eigenvalue weighted by atomic mass is 10.1. The van der Waals surface area contributed by atoms with Gasteiger partial charge in [0, 0.05) is 12.1 Å². The second-order valence-corrected chi connectivity index (χ2v) is 4.63. The number of carbonyl (C=O) groups excluding carboxylic acids is 1. The molecule has 0 saturated carbocycles. The topological polar surface area (TPSA) is 131 Å². The second-order valence-electron chi connectivity index (χ2n) is 4.63. The molecule has 10 heteroatoms. The van der Waals surface area contributed by atoms with E-state index >= 15 is 0 Å². The third-order valence-corrected chi connectivity index (χ3v) is 3.14. The highest BCUT2D eigenvalue weighted by Gasteiger charge is 2.31. The first-order valence-electron chi connectivity index (χ1n) is 6.74. The Morgan fingerprint density at radius 2 is 1.40 bits per heavy atom. The van der Waals surface area contributed by atoms with Crippen LogP contribution in [0.5, 0.6) is 17.2 Å². The smallest absolute Gasteiger partial charge is 0.338 e. The minimum Gasteiger partial charge on any atom is -0.497 e. The van der Waals surface area contributed by atoms with E-state index in [1.807, 2.05) is 0 Å². The van der Waals surface area contributed by atoms with Gasteiger partial charge in [0.25, 0.3) is 5.75 Å². The molecule has 0 heterocycles. The first-order chi connectivity index (χ1) is 11.9. The molecular weight excluding hydrogens is 336 g/mol. The van der Waals surface area contributed by atoms with Crippen molar-refractivity contribution < 1.29 is 28.9 Å². The Hall–Kier alpha value is -3.69. The maximum Gasteiger partial charge on any atom is 0.338 e. The van der Waals surface area contributed by atoms with Crippen LogP contribution in [0, 0.1) is 20.2 Å². The molecule has 0 amide bonds. The molecule has 0 radical (unpaired) electrons. The Kier molecular flexibility index (Phi) is 5.12. The number of ether oxygens (including phenoxy) is 3. The summed E-state index contributed by atoms with van der Waals surface area (Å²) < 4.78 is 14.8. The molecule has 0 N–H and O–H groups in total. The van der Waals surface area contributed by atoms with Crippen molar-refractivity contribution in [3.8, 4) is 17.2 Å². The van der Waals surface area contributed by atoms with Crippen molar-refractivity contribution in [3.05, 3.63) is 62.2 Å². The van der Waals surface area contributed by atoms with Crippen molar-refractivity contribution in [3.63, 3.8) is 0 Å². The number of nitrogens with zero attached hydrogens (tertiary/aromatic N) is 2. The van der Waals surface area contributed by atoms with Crippen molar-refractivity contribution in [2.45, 2.75) is 0 Å². The summed E-state index contributed by atoms with van der Waals surface area (Å²) >= 11 is 0. The van der Waals surface area contributed by atoms with Crippen LogP contribution in [0.4, 0.5) is 11.4 Å². The molecule has 25 heavy (non-hydrogen) atoms. The summed E-state index contributed by atoms with van der Waals surface area (Å²) in [5, 5.41) is 22.6. The molecule has 0 aliphatic rings. The zero-order valence-corrected chi connectivity index (χ0v) is 13.1. The molecule has 0 unspecified atom stereocenters. The van der Waals surface area contributed by atoms with Crippen LogP contribution in [0.2, 0.25) is 0 Å². The van der Waals surface area contributed by atoms with Gasteiger partial charge in [-0.3, -0.25) is 20.2 Å². The summed E-state index contributed by atoms with van der Waals surface area (Å²) in [6, 6.07) is 7.63. The minimum atomic E-state index is -0.942. The van der Waals surface area contributed by atoms with Crippen LogP contribution in [0.15, 0.2) is 36.4 Å². The molecule has 0 bridgehead atoms. The Labute approximate surface area is 140 Å². The van der Waals surface area contributed by atoms with E-state index in [1.54, 1.807) is 0 Å². The summed E-state index contributed by atoms with van der Waals surface area (Å²) in [6.07, 6.45) is 0. The Balaban J connectivity index is 2.58. The van der Waals surface area contributed by atoms with Gasteiger partial charge in [-0.15, -0.1) is 0 Å². The van der Waals surface area contributed by atoms with Gasteiger partial charge in [0.1, 0.15) is 11.5 Å². The number of esters is 1. The summed E-state index contributed by atoms with van der Waals surface area (Å²) in [5.41, 5.74) is -1.79. The highest BCUT2D eigenvalue weighted by molar-refractivity contribution is 5.92.